The molecule has 2 aliphatic rings. The highest BCUT2D eigenvalue weighted by atomic mass is 16.5. The highest BCUT2D eigenvalue weighted by Gasteiger charge is 2.44. The molecule has 0 radical (unpaired) electrons. The minimum Gasteiger partial charge on any atom is -0.394 e. The van der Waals surface area contributed by atoms with Gasteiger partial charge in [-0.3, -0.25) is 0 Å². The van der Waals surface area contributed by atoms with Crippen LogP contribution < -0.4 is 0 Å². The summed E-state index contributed by atoms with van der Waals surface area (Å²) in [4.78, 5) is 0. The predicted octanol–water partition coefficient (Wildman–Crippen LogP) is 2.11. The molecule has 0 bridgehead atoms. The molecule has 1 saturated heterocycles. The first-order valence-corrected chi connectivity index (χ1v) is 5.55. The van der Waals surface area contributed by atoms with Gasteiger partial charge in [-0.05, 0) is 38.0 Å². The van der Waals surface area contributed by atoms with Gasteiger partial charge in [0.1, 0.15) is 0 Å². The fraction of sp³-hybridized carbons (Fsp3) is 1.00. The van der Waals surface area contributed by atoms with Crippen molar-refractivity contribution >= 4 is 0 Å². The molecule has 2 heteroatoms. The van der Waals surface area contributed by atoms with Crippen LogP contribution in [-0.4, -0.2) is 23.4 Å². The first kappa shape index (κ1) is 9.47. The van der Waals surface area contributed by atoms with Gasteiger partial charge in [-0.2, -0.15) is 0 Å². The third kappa shape index (κ3) is 1.62. The molecule has 1 heterocycles. The highest BCUT2D eigenvalue weighted by molar-refractivity contribution is 4.94. The Morgan fingerprint density at radius 1 is 1.31 bits per heavy atom. The molecular weight excluding hydrogens is 164 g/mol. The number of aliphatic hydroxyl groups is 1. The third-order valence-corrected chi connectivity index (χ3v) is 3.87. The van der Waals surface area contributed by atoms with Crippen LogP contribution in [0.5, 0.6) is 0 Å². The first-order valence-electron chi connectivity index (χ1n) is 5.55. The Balaban J connectivity index is 2.04. The second-order valence-electron chi connectivity index (χ2n) is 4.67. The van der Waals surface area contributed by atoms with Gasteiger partial charge in [0.2, 0.25) is 0 Å². The van der Waals surface area contributed by atoms with Gasteiger partial charge >= 0.3 is 0 Å². The number of hydrogen-bond acceptors (Lipinski definition) is 2. The molecule has 0 aromatic carbocycles. The van der Waals surface area contributed by atoms with Crippen LogP contribution in [-0.2, 0) is 4.74 Å². The van der Waals surface area contributed by atoms with E-state index in [9.17, 15) is 0 Å². The van der Waals surface area contributed by atoms with Crippen molar-refractivity contribution in [3.05, 3.63) is 0 Å². The Morgan fingerprint density at radius 3 is 2.62 bits per heavy atom. The molecule has 13 heavy (non-hydrogen) atoms. The van der Waals surface area contributed by atoms with Crippen molar-refractivity contribution in [1.29, 1.82) is 0 Å². The summed E-state index contributed by atoms with van der Waals surface area (Å²) in [6.07, 6.45) is 7.43. The van der Waals surface area contributed by atoms with E-state index in [-0.39, 0.29) is 18.3 Å². The SMILES string of the molecule is CC1CCCC12CCCC(CO)O2. The van der Waals surface area contributed by atoms with E-state index in [2.05, 4.69) is 6.92 Å². The van der Waals surface area contributed by atoms with Crippen LogP contribution in [0.15, 0.2) is 0 Å². The van der Waals surface area contributed by atoms with E-state index in [0.29, 0.717) is 5.92 Å². The third-order valence-electron chi connectivity index (χ3n) is 3.87. The van der Waals surface area contributed by atoms with E-state index >= 15 is 0 Å². The summed E-state index contributed by atoms with van der Waals surface area (Å²) in [5, 5.41) is 9.10. The summed E-state index contributed by atoms with van der Waals surface area (Å²) < 4.78 is 6.05. The van der Waals surface area contributed by atoms with Gasteiger partial charge in [-0.1, -0.05) is 13.3 Å². The maximum absolute atomic E-state index is 9.10. The standard InChI is InChI=1S/C11H20O2/c1-9-4-2-6-11(9)7-3-5-10(8-12)13-11/h9-10,12H,2-8H2,1H3. The van der Waals surface area contributed by atoms with Crippen LogP contribution in [0.4, 0.5) is 0 Å². The minimum absolute atomic E-state index is 0.120. The number of hydrogen-bond donors (Lipinski definition) is 1. The summed E-state index contributed by atoms with van der Waals surface area (Å²) in [6.45, 7) is 2.50. The van der Waals surface area contributed by atoms with Crippen LogP contribution in [0.1, 0.15) is 45.4 Å². The van der Waals surface area contributed by atoms with Crippen LogP contribution in [0.2, 0.25) is 0 Å². The van der Waals surface area contributed by atoms with Crippen LogP contribution in [0.25, 0.3) is 0 Å². The van der Waals surface area contributed by atoms with Crippen LogP contribution in [0.3, 0.4) is 0 Å². The van der Waals surface area contributed by atoms with Crippen molar-refractivity contribution in [3.8, 4) is 0 Å². The molecule has 2 nitrogen and oxygen atoms in total. The number of aliphatic hydroxyl groups excluding tert-OH is 1. The maximum Gasteiger partial charge on any atom is 0.0813 e. The molecule has 1 aliphatic heterocycles. The average molecular weight is 184 g/mol. The lowest BCUT2D eigenvalue weighted by Crippen LogP contribution is -2.43. The molecule has 2 fully saturated rings. The van der Waals surface area contributed by atoms with Crippen LogP contribution >= 0.6 is 0 Å². The molecule has 0 amide bonds. The van der Waals surface area contributed by atoms with Crippen molar-refractivity contribution in [2.45, 2.75) is 57.2 Å². The van der Waals surface area contributed by atoms with Crippen molar-refractivity contribution in [2.75, 3.05) is 6.61 Å². The van der Waals surface area contributed by atoms with Gasteiger partial charge in [0.05, 0.1) is 18.3 Å². The maximum atomic E-state index is 9.10. The Morgan fingerprint density at radius 2 is 2.00 bits per heavy atom. The molecule has 1 aliphatic carbocycles. The van der Waals surface area contributed by atoms with Gasteiger partial charge in [0.25, 0.3) is 0 Å². The van der Waals surface area contributed by atoms with E-state index in [1.807, 2.05) is 0 Å². The predicted molar refractivity (Wildman–Crippen MR) is 51.6 cm³/mol. The summed E-state index contributed by atoms with van der Waals surface area (Å²) in [6, 6.07) is 0. The lowest BCUT2D eigenvalue weighted by atomic mass is 9.84. The zero-order chi connectivity index (χ0) is 9.31. The molecule has 1 N–H and O–H groups in total. The first-order chi connectivity index (χ1) is 6.27. The van der Waals surface area contributed by atoms with Gasteiger partial charge in [-0.25, -0.2) is 0 Å². The zero-order valence-corrected chi connectivity index (χ0v) is 8.46. The molecule has 3 unspecified atom stereocenters. The van der Waals surface area contributed by atoms with Gasteiger partial charge in [-0.15, -0.1) is 0 Å². The molecule has 1 spiro atoms. The van der Waals surface area contributed by atoms with Crippen molar-refractivity contribution in [3.63, 3.8) is 0 Å². The van der Waals surface area contributed by atoms with Gasteiger partial charge < -0.3 is 9.84 Å². The normalized spacial score (nSPS) is 45.7. The number of rotatable bonds is 1. The number of ether oxygens (including phenoxy) is 1. The zero-order valence-electron chi connectivity index (χ0n) is 8.46. The van der Waals surface area contributed by atoms with Crippen LogP contribution in [0, 0.1) is 5.92 Å². The Hall–Kier alpha value is -0.0800. The van der Waals surface area contributed by atoms with Crippen molar-refractivity contribution in [1.82, 2.24) is 0 Å². The monoisotopic (exact) mass is 184 g/mol. The van der Waals surface area contributed by atoms with E-state index in [0.717, 1.165) is 6.42 Å². The molecule has 2 rings (SSSR count). The van der Waals surface area contributed by atoms with E-state index in [4.69, 9.17) is 9.84 Å². The fourth-order valence-corrected chi connectivity index (χ4v) is 2.97. The van der Waals surface area contributed by atoms with Gasteiger partial charge in [0, 0.05) is 0 Å². The summed E-state index contributed by atoms with van der Waals surface area (Å²) in [5.41, 5.74) is 0.144. The molecule has 0 aromatic rings. The molecular formula is C11H20O2. The van der Waals surface area contributed by atoms with E-state index < -0.39 is 0 Å². The summed E-state index contributed by atoms with van der Waals surface area (Å²) in [5.74, 6) is 0.696. The Kier molecular flexibility index (Phi) is 2.61. The minimum atomic E-state index is 0.120. The largest absolute Gasteiger partial charge is 0.394 e. The Bertz CT molecular complexity index is 181. The molecule has 76 valence electrons. The summed E-state index contributed by atoms with van der Waals surface area (Å²) in [7, 11) is 0. The van der Waals surface area contributed by atoms with Crippen molar-refractivity contribution in [2.24, 2.45) is 5.92 Å². The van der Waals surface area contributed by atoms with E-state index in [1.165, 1.54) is 32.1 Å². The van der Waals surface area contributed by atoms with E-state index in [1.54, 1.807) is 0 Å². The van der Waals surface area contributed by atoms with Crippen molar-refractivity contribution < 1.29 is 9.84 Å². The highest BCUT2D eigenvalue weighted by Crippen LogP contribution is 2.45. The average Bonchev–Trinajstić information content (AvgIpc) is 2.48. The lowest BCUT2D eigenvalue weighted by Gasteiger charge is -2.41. The second-order valence-corrected chi connectivity index (χ2v) is 4.67. The summed E-state index contributed by atoms with van der Waals surface area (Å²) >= 11 is 0. The lowest BCUT2D eigenvalue weighted by molar-refractivity contribution is -0.156. The smallest absolute Gasteiger partial charge is 0.0813 e. The van der Waals surface area contributed by atoms with Gasteiger partial charge in [0.15, 0.2) is 0 Å². The molecule has 0 aromatic heterocycles. The topological polar surface area (TPSA) is 29.5 Å². The Labute approximate surface area is 80.3 Å². The quantitative estimate of drug-likeness (QED) is 0.676. The molecule has 1 saturated carbocycles. The fourth-order valence-electron chi connectivity index (χ4n) is 2.97. The second kappa shape index (κ2) is 3.58. The molecule has 3 atom stereocenters.